The van der Waals surface area contributed by atoms with Crippen molar-refractivity contribution in [2.45, 2.75) is 57.2 Å². The molecule has 0 spiro atoms. The second-order valence-electron chi connectivity index (χ2n) is 5.18. The highest BCUT2D eigenvalue weighted by Gasteiger charge is 2.44. The Morgan fingerprint density at radius 1 is 1.21 bits per heavy atom. The number of rotatable bonds is 3. The molecule has 2 saturated heterocycles. The summed E-state index contributed by atoms with van der Waals surface area (Å²) in [6.45, 7) is 0. The van der Waals surface area contributed by atoms with Crippen molar-refractivity contribution in [2.75, 3.05) is 0 Å². The zero-order valence-corrected chi connectivity index (χ0v) is 8.58. The van der Waals surface area contributed by atoms with Crippen LogP contribution in [0.4, 0.5) is 0 Å². The number of Topliss-reactive ketones (excluding diaryl/α,β-unsaturated/α-hetero) is 1. The van der Waals surface area contributed by atoms with Crippen molar-refractivity contribution in [3.8, 4) is 0 Å². The number of fused-ring (bicyclic) bond motifs is 2. The smallest absolute Gasteiger partial charge is 0.138 e. The molecule has 14 heavy (non-hydrogen) atoms. The fraction of sp³-hybridized carbons (Fsp3) is 0.917. The molecule has 2 aliphatic heterocycles. The van der Waals surface area contributed by atoms with Gasteiger partial charge in [-0.1, -0.05) is 19.3 Å². The van der Waals surface area contributed by atoms with E-state index in [0.717, 1.165) is 25.2 Å². The van der Waals surface area contributed by atoms with Gasteiger partial charge in [0.05, 0.1) is 12.2 Å². The number of hydrogen-bond acceptors (Lipinski definition) is 2. The van der Waals surface area contributed by atoms with E-state index in [1.807, 2.05) is 0 Å². The Kier molecular flexibility index (Phi) is 2.12. The first-order chi connectivity index (χ1) is 6.83. The van der Waals surface area contributed by atoms with Gasteiger partial charge >= 0.3 is 0 Å². The van der Waals surface area contributed by atoms with Gasteiger partial charge < -0.3 is 4.74 Å². The Balaban J connectivity index is 1.57. The number of ether oxygens (including phenoxy) is 1. The Labute approximate surface area is 85.0 Å². The normalized spacial score (nSPS) is 41.3. The quantitative estimate of drug-likeness (QED) is 0.689. The second kappa shape index (κ2) is 3.34. The van der Waals surface area contributed by atoms with E-state index in [0.29, 0.717) is 18.0 Å². The molecule has 1 aliphatic carbocycles. The lowest BCUT2D eigenvalue weighted by molar-refractivity contribution is -0.125. The standard InChI is InChI=1S/C12H18O2/c13-11(6-8-2-1-3-8)10-7-9-4-5-12(10)14-9/h8-10,12H,1-7H2. The minimum absolute atomic E-state index is 0.273. The molecule has 1 saturated carbocycles. The van der Waals surface area contributed by atoms with Crippen molar-refractivity contribution < 1.29 is 9.53 Å². The molecule has 3 fully saturated rings. The minimum Gasteiger partial charge on any atom is -0.374 e. The second-order valence-corrected chi connectivity index (χ2v) is 5.18. The highest BCUT2D eigenvalue weighted by Crippen LogP contribution is 2.41. The molecule has 0 amide bonds. The van der Waals surface area contributed by atoms with E-state index in [1.165, 1.54) is 25.7 Å². The first-order valence-electron chi connectivity index (χ1n) is 6.01. The molecule has 0 aromatic rings. The molecule has 2 heteroatoms. The summed E-state index contributed by atoms with van der Waals surface area (Å²) < 4.78 is 5.72. The van der Waals surface area contributed by atoms with E-state index in [1.54, 1.807) is 0 Å². The van der Waals surface area contributed by atoms with Crippen molar-refractivity contribution in [2.24, 2.45) is 11.8 Å². The van der Waals surface area contributed by atoms with Crippen LogP contribution in [0.15, 0.2) is 0 Å². The van der Waals surface area contributed by atoms with E-state index in [9.17, 15) is 4.79 Å². The number of carbonyl (C=O) groups excluding carboxylic acids is 1. The highest BCUT2D eigenvalue weighted by atomic mass is 16.5. The molecule has 2 heterocycles. The summed E-state index contributed by atoms with van der Waals surface area (Å²) in [6.07, 6.45) is 8.83. The van der Waals surface area contributed by atoms with Crippen LogP contribution in [0.5, 0.6) is 0 Å². The number of carbonyl (C=O) groups is 1. The topological polar surface area (TPSA) is 26.3 Å². The summed E-state index contributed by atoms with van der Waals surface area (Å²) in [4.78, 5) is 12.0. The van der Waals surface area contributed by atoms with Gasteiger partial charge in [-0.2, -0.15) is 0 Å². The number of hydrogen-bond donors (Lipinski definition) is 0. The summed E-state index contributed by atoms with van der Waals surface area (Å²) in [7, 11) is 0. The van der Waals surface area contributed by atoms with Crippen LogP contribution in [0, 0.1) is 11.8 Å². The first kappa shape index (κ1) is 8.90. The lowest BCUT2D eigenvalue weighted by Gasteiger charge is -2.27. The number of ketones is 1. The molecular formula is C12H18O2. The molecule has 0 N–H and O–H groups in total. The first-order valence-corrected chi connectivity index (χ1v) is 6.01. The van der Waals surface area contributed by atoms with Gasteiger partial charge in [-0.05, 0) is 25.2 Å². The van der Waals surface area contributed by atoms with Crippen molar-refractivity contribution in [1.82, 2.24) is 0 Å². The maximum atomic E-state index is 12.0. The van der Waals surface area contributed by atoms with Crippen LogP contribution in [0.1, 0.15) is 44.9 Å². The Morgan fingerprint density at radius 3 is 2.57 bits per heavy atom. The summed E-state index contributed by atoms with van der Waals surface area (Å²) in [5.41, 5.74) is 0. The molecule has 3 aliphatic rings. The fourth-order valence-corrected chi connectivity index (χ4v) is 3.11. The van der Waals surface area contributed by atoms with Crippen LogP contribution >= 0.6 is 0 Å². The van der Waals surface area contributed by atoms with E-state index in [4.69, 9.17) is 4.74 Å². The maximum Gasteiger partial charge on any atom is 0.138 e. The van der Waals surface area contributed by atoms with Gasteiger partial charge in [-0.3, -0.25) is 4.79 Å². The maximum absolute atomic E-state index is 12.0. The molecule has 0 aromatic carbocycles. The van der Waals surface area contributed by atoms with E-state index in [-0.39, 0.29) is 5.92 Å². The molecule has 2 bridgehead atoms. The molecule has 78 valence electrons. The monoisotopic (exact) mass is 194 g/mol. The van der Waals surface area contributed by atoms with Gasteiger partial charge in [-0.15, -0.1) is 0 Å². The van der Waals surface area contributed by atoms with Gasteiger partial charge in [0.1, 0.15) is 5.78 Å². The van der Waals surface area contributed by atoms with Crippen LogP contribution in [-0.2, 0) is 9.53 Å². The van der Waals surface area contributed by atoms with Crippen LogP contribution in [0.3, 0.4) is 0 Å². The predicted molar refractivity (Wildman–Crippen MR) is 53.0 cm³/mol. The van der Waals surface area contributed by atoms with Crippen molar-refractivity contribution >= 4 is 5.78 Å². The largest absolute Gasteiger partial charge is 0.374 e. The minimum atomic E-state index is 0.273. The van der Waals surface area contributed by atoms with Crippen molar-refractivity contribution in [3.63, 3.8) is 0 Å². The fourth-order valence-electron chi connectivity index (χ4n) is 3.11. The Morgan fingerprint density at radius 2 is 2.07 bits per heavy atom. The van der Waals surface area contributed by atoms with Crippen LogP contribution in [0.25, 0.3) is 0 Å². The van der Waals surface area contributed by atoms with E-state index in [2.05, 4.69) is 0 Å². The molecular weight excluding hydrogens is 176 g/mol. The summed E-state index contributed by atoms with van der Waals surface area (Å²) in [5, 5.41) is 0. The van der Waals surface area contributed by atoms with Gasteiger partial charge in [0, 0.05) is 12.3 Å². The Bertz CT molecular complexity index is 245. The van der Waals surface area contributed by atoms with E-state index < -0.39 is 0 Å². The van der Waals surface area contributed by atoms with Gasteiger partial charge in [0.15, 0.2) is 0 Å². The third-order valence-corrected chi connectivity index (χ3v) is 4.23. The lowest BCUT2D eigenvalue weighted by atomic mass is 9.77. The van der Waals surface area contributed by atoms with Gasteiger partial charge in [0.2, 0.25) is 0 Å². The lowest BCUT2D eigenvalue weighted by Crippen LogP contribution is -2.28. The van der Waals surface area contributed by atoms with Crippen molar-refractivity contribution in [1.29, 1.82) is 0 Å². The molecule has 3 atom stereocenters. The zero-order valence-electron chi connectivity index (χ0n) is 8.58. The van der Waals surface area contributed by atoms with Crippen LogP contribution in [0.2, 0.25) is 0 Å². The van der Waals surface area contributed by atoms with Crippen molar-refractivity contribution in [3.05, 3.63) is 0 Å². The predicted octanol–water partition coefficient (Wildman–Crippen LogP) is 2.31. The third-order valence-electron chi connectivity index (χ3n) is 4.23. The average molecular weight is 194 g/mol. The van der Waals surface area contributed by atoms with Crippen LogP contribution < -0.4 is 0 Å². The highest BCUT2D eigenvalue weighted by molar-refractivity contribution is 5.82. The molecule has 2 nitrogen and oxygen atoms in total. The average Bonchev–Trinajstić information content (AvgIpc) is 2.71. The third kappa shape index (κ3) is 1.40. The molecule has 0 radical (unpaired) electrons. The molecule has 0 aromatic heterocycles. The molecule has 3 unspecified atom stereocenters. The summed E-state index contributed by atoms with van der Waals surface area (Å²) in [6, 6.07) is 0. The van der Waals surface area contributed by atoms with Gasteiger partial charge in [0.25, 0.3) is 0 Å². The summed E-state index contributed by atoms with van der Waals surface area (Å²) >= 11 is 0. The molecule has 3 rings (SSSR count). The van der Waals surface area contributed by atoms with E-state index >= 15 is 0 Å². The van der Waals surface area contributed by atoms with Gasteiger partial charge in [-0.25, -0.2) is 0 Å². The summed E-state index contributed by atoms with van der Waals surface area (Å²) in [5.74, 6) is 1.50. The van der Waals surface area contributed by atoms with Crippen LogP contribution in [-0.4, -0.2) is 18.0 Å². The SMILES string of the molecule is O=C(CC1CCC1)C1CC2CCC1O2. The zero-order chi connectivity index (χ0) is 9.54. The Hall–Kier alpha value is -0.370.